The van der Waals surface area contributed by atoms with Crippen LogP contribution in [0.15, 0.2) is 17.1 Å². The first kappa shape index (κ1) is 14.8. The highest BCUT2D eigenvalue weighted by Gasteiger charge is 2.17. The number of hydrogen-bond donors (Lipinski definition) is 2. The van der Waals surface area contributed by atoms with Gasteiger partial charge < -0.3 is 15.2 Å². The number of aryl methyl sites for hydroxylation is 1. The van der Waals surface area contributed by atoms with Gasteiger partial charge in [0.15, 0.2) is 5.43 Å². The smallest absolute Gasteiger partial charge is 0.256 e. The SMILES string of the molecule is Cc1cc(=O)c(C(=O)NC(C)CN2CCCCC2)c[nH]1. The highest BCUT2D eigenvalue weighted by Crippen LogP contribution is 2.08. The van der Waals surface area contributed by atoms with Crippen molar-refractivity contribution in [2.45, 2.75) is 39.2 Å². The molecule has 5 nitrogen and oxygen atoms in total. The molecule has 5 heteroatoms. The Labute approximate surface area is 119 Å². The predicted octanol–water partition coefficient (Wildman–Crippen LogP) is 1.29. The van der Waals surface area contributed by atoms with Crippen LogP contribution in [0.2, 0.25) is 0 Å². The highest BCUT2D eigenvalue weighted by molar-refractivity contribution is 5.93. The number of aromatic amines is 1. The Hall–Kier alpha value is -1.62. The van der Waals surface area contributed by atoms with Gasteiger partial charge in [0.1, 0.15) is 5.56 Å². The third-order valence-corrected chi connectivity index (χ3v) is 3.66. The van der Waals surface area contributed by atoms with Crippen LogP contribution in [-0.4, -0.2) is 41.5 Å². The number of piperidine rings is 1. The summed E-state index contributed by atoms with van der Waals surface area (Å²) in [5, 5.41) is 2.90. The van der Waals surface area contributed by atoms with Crippen molar-refractivity contribution in [2.75, 3.05) is 19.6 Å². The van der Waals surface area contributed by atoms with E-state index in [9.17, 15) is 9.59 Å². The Morgan fingerprint density at radius 2 is 2.10 bits per heavy atom. The second kappa shape index (κ2) is 6.70. The monoisotopic (exact) mass is 277 g/mol. The molecule has 1 atom stereocenters. The molecule has 2 heterocycles. The van der Waals surface area contributed by atoms with Gasteiger partial charge in [0.05, 0.1) is 0 Å². The zero-order valence-electron chi connectivity index (χ0n) is 12.2. The van der Waals surface area contributed by atoms with Gasteiger partial charge in [-0.05, 0) is 39.8 Å². The average Bonchev–Trinajstić information content (AvgIpc) is 2.39. The lowest BCUT2D eigenvalue weighted by atomic mass is 10.1. The summed E-state index contributed by atoms with van der Waals surface area (Å²) in [5.41, 5.74) is 0.706. The summed E-state index contributed by atoms with van der Waals surface area (Å²) < 4.78 is 0. The van der Waals surface area contributed by atoms with Crippen LogP contribution in [0.1, 0.15) is 42.2 Å². The summed E-state index contributed by atoms with van der Waals surface area (Å²) in [7, 11) is 0. The summed E-state index contributed by atoms with van der Waals surface area (Å²) >= 11 is 0. The molecule has 0 aliphatic carbocycles. The molecular weight excluding hydrogens is 254 g/mol. The molecule has 0 aromatic carbocycles. The molecule has 1 unspecified atom stereocenters. The topological polar surface area (TPSA) is 65.2 Å². The van der Waals surface area contributed by atoms with E-state index in [2.05, 4.69) is 15.2 Å². The van der Waals surface area contributed by atoms with Gasteiger partial charge in [-0.2, -0.15) is 0 Å². The van der Waals surface area contributed by atoms with Crippen LogP contribution in [0.4, 0.5) is 0 Å². The Balaban J connectivity index is 1.91. The molecule has 110 valence electrons. The number of rotatable bonds is 4. The molecule has 1 fully saturated rings. The van der Waals surface area contributed by atoms with Crippen molar-refractivity contribution in [3.05, 3.63) is 33.7 Å². The van der Waals surface area contributed by atoms with E-state index in [1.54, 1.807) is 6.92 Å². The number of carbonyl (C=O) groups excluding carboxylic acids is 1. The number of amides is 1. The first-order valence-corrected chi connectivity index (χ1v) is 7.29. The third-order valence-electron chi connectivity index (χ3n) is 3.66. The number of aromatic nitrogens is 1. The minimum atomic E-state index is -0.296. The van der Waals surface area contributed by atoms with Crippen molar-refractivity contribution in [2.24, 2.45) is 0 Å². The Morgan fingerprint density at radius 3 is 2.75 bits per heavy atom. The zero-order chi connectivity index (χ0) is 14.5. The summed E-state index contributed by atoms with van der Waals surface area (Å²) in [5.74, 6) is -0.296. The molecule has 1 aromatic heterocycles. The van der Waals surface area contributed by atoms with E-state index in [1.807, 2.05) is 6.92 Å². The molecule has 1 saturated heterocycles. The van der Waals surface area contributed by atoms with Crippen molar-refractivity contribution in [3.8, 4) is 0 Å². The van der Waals surface area contributed by atoms with Gasteiger partial charge in [0.2, 0.25) is 0 Å². The molecule has 2 N–H and O–H groups in total. The lowest BCUT2D eigenvalue weighted by Gasteiger charge is -2.29. The molecule has 2 rings (SSSR count). The van der Waals surface area contributed by atoms with E-state index < -0.39 is 0 Å². The fraction of sp³-hybridized carbons (Fsp3) is 0.600. The van der Waals surface area contributed by atoms with Gasteiger partial charge in [0.25, 0.3) is 5.91 Å². The molecule has 1 amide bonds. The summed E-state index contributed by atoms with van der Waals surface area (Å²) in [6, 6.07) is 1.49. The zero-order valence-corrected chi connectivity index (χ0v) is 12.2. The summed E-state index contributed by atoms with van der Waals surface area (Å²) in [6.45, 7) is 6.82. The number of nitrogens with zero attached hydrogens (tertiary/aromatic N) is 1. The maximum atomic E-state index is 12.1. The molecule has 0 saturated carbocycles. The number of carbonyl (C=O) groups is 1. The van der Waals surface area contributed by atoms with Crippen LogP contribution in [0.5, 0.6) is 0 Å². The third kappa shape index (κ3) is 3.93. The number of nitrogens with one attached hydrogen (secondary N) is 2. The standard InChI is InChI=1S/C15H23N3O2/c1-11-8-14(19)13(9-16-11)15(20)17-12(2)10-18-6-4-3-5-7-18/h8-9,12H,3-7,10H2,1-2H3,(H,16,19)(H,17,20). The van der Waals surface area contributed by atoms with Crippen molar-refractivity contribution in [1.29, 1.82) is 0 Å². The molecule has 1 aromatic rings. The van der Waals surface area contributed by atoms with E-state index in [1.165, 1.54) is 31.5 Å². The van der Waals surface area contributed by atoms with E-state index >= 15 is 0 Å². The lowest BCUT2D eigenvalue weighted by molar-refractivity contribution is 0.0924. The lowest BCUT2D eigenvalue weighted by Crippen LogP contribution is -2.44. The predicted molar refractivity (Wildman–Crippen MR) is 79.0 cm³/mol. The largest absolute Gasteiger partial charge is 0.364 e. The first-order chi connectivity index (χ1) is 9.56. The van der Waals surface area contributed by atoms with Crippen LogP contribution >= 0.6 is 0 Å². The highest BCUT2D eigenvalue weighted by atomic mass is 16.2. The van der Waals surface area contributed by atoms with Crippen molar-refractivity contribution >= 4 is 5.91 Å². The molecule has 1 aliphatic heterocycles. The van der Waals surface area contributed by atoms with Crippen LogP contribution in [0.25, 0.3) is 0 Å². The van der Waals surface area contributed by atoms with Crippen LogP contribution in [0, 0.1) is 6.92 Å². The van der Waals surface area contributed by atoms with Crippen LogP contribution in [0.3, 0.4) is 0 Å². The fourth-order valence-electron chi connectivity index (χ4n) is 2.63. The second-order valence-corrected chi connectivity index (χ2v) is 5.63. The maximum Gasteiger partial charge on any atom is 0.256 e. The first-order valence-electron chi connectivity index (χ1n) is 7.29. The molecule has 0 bridgehead atoms. The summed E-state index contributed by atoms with van der Waals surface area (Å²) in [6.07, 6.45) is 5.26. The van der Waals surface area contributed by atoms with Crippen molar-refractivity contribution in [1.82, 2.24) is 15.2 Å². The normalized spacial score (nSPS) is 17.7. The van der Waals surface area contributed by atoms with Gasteiger partial charge >= 0.3 is 0 Å². The van der Waals surface area contributed by atoms with E-state index in [0.717, 1.165) is 25.3 Å². The van der Waals surface area contributed by atoms with Crippen molar-refractivity contribution in [3.63, 3.8) is 0 Å². The summed E-state index contributed by atoms with van der Waals surface area (Å²) in [4.78, 5) is 29.1. The minimum absolute atomic E-state index is 0.0429. The maximum absolute atomic E-state index is 12.1. The van der Waals surface area contributed by atoms with Crippen LogP contribution in [-0.2, 0) is 0 Å². The van der Waals surface area contributed by atoms with Gasteiger partial charge in [0, 0.05) is 30.5 Å². The Bertz CT molecular complexity index is 518. The number of H-pyrrole nitrogens is 1. The quantitative estimate of drug-likeness (QED) is 0.871. The van der Waals surface area contributed by atoms with Crippen LogP contribution < -0.4 is 10.7 Å². The molecular formula is C15H23N3O2. The van der Waals surface area contributed by atoms with Gasteiger partial charge in [-0.1, -0.05) is 6.42 Å². The fourth-order valence-corrected chi connectivity index (χ4v) is 2.63. The van der Waals surface area contributed by atoms with Gasteiger partial charge in [-0.15, -0.1) is 0 Å². The van der Waals surface area contributed by atoms with E-state index in [4.69, 9.17) is 0 Å². The number of likely N-dealkylation sites (tertiary alicyclic amines) is 1. The Kier molecular flexibility index (Phi) is 4.95. The molecule has 0 radical (unpaired) electrons. The molecule has 0 spiro atoms. The number of hydrogen-bond acceptors (Lipinski definition) is 3. The molecule has 1 aliphatic rings. The minimum Gasteiger partial charge on any atom is -0.364 e. The molecule has 20 heavy (non-hydrogen) atoms. The van der Waals surface area contributed by atoms with E-state index in [-0.39, 0.29) is 22.9 Å². The van der Waals surface area contributed by atoms with Crippen molar-refractivity contribution < 1.29 is 4.79 Å². The Morgan fingerprint density at radius 1 is 1.40 bits per heavy atom. The van der Waals surface area contributed by atoms with Gasteiger partial charge in [-0.3, -0.25) is 9.59 Å². The second-order valence-electron chi connectivity index (χ2n) is 5.63. The number of pyridine rings is 1. The van der Waals surface area contributed by atoms with E-state index in [0.29, 0.717) is 0 Å². The van der Waals surface area contributed by atoms with Gasteiger partial charge in [-0.25, -0.2) is 0 Å². The average molecular weight is 277 g/mol.